The van der Waals surface area contributed by atoms with Gasteiger partial charge in [0.05, 0.1) is 9.37 Å². The molecule has 1 aromatic rings. The molecule has 0 radical (unpaired) electrons. The van der Waals surface area contributed by atoms with E-state index in [2.05, 4.69) is 21.2 Å². The fourth-order valence-corrected chi connectivity index (χ4v) is 3.85. The molecular formula is C12H16BrFN2O2S. The molecule has 2 rings (SSSR count). The topological polar surface area (TPSA) is 49.4 Å². The van der Waals surface area contributed by atoms with Crippen LogP contribution in [0, 0.1) is 5.82 Å². The fraction of sp³-hybridized carbons (Fsp3) is 0.500. The average molecular weight is 351 g/mol. The molecule has 0 amide bonds. The van der Waals surface area contributed by atoms with Crippen molar-refractivity contribution in [1.82, 2.24) is 9.62 Å². The molecule has 1 aliphatic heterocycles. The third-order valence-electron chi connectivity index (χ3n) is 3.39. The summed E-state index contributed by atoms with van der Waals surface area (Å²) in [6, 6.07) is 3.85. The van der Waals surface area contributed by atoms with Crippen molar-refractivity contribution < 1.29 is 12.8 Å². The second-order valence-corrected chi connectivity index (χ2v) is 7.43. The second kappa shape index (κ2) is 5.87. The summed E-state index contributed by atoms with van der Waals surface area (Å²) in [4.78, 5) is -0.00534. The van der Waals surface area contributed by atoms with E-state index in [9.17, 15) is 12.8 Å². The van der Waals surface area contributed by atoms with Gasteiger partial charge in [-0.25, -0.2) is 12.8 Å². The third-order valence-corrected chi connectivity index (χ3v) is 5.94. The molecule has 106 valence electrons. The van der Waals surface area contributed by atoms with Crippen LogP contribution in [0.3, 0.4) is 0 Å². The zero-order valence-electron chi connectivity index (χ0n) is 10.6. The lowest BCUT2D eigenvalue weighted by molar-refractivity contribution is 0.296. The van der Waals surface area contributed by atoms with Gasteiger partial charge in [-0.05, 0) is 60.1 Å². The van der Waals surface area contributed by atoms with Crippen LogP contribution in [0.5, 0.6) is 0 Å². The minimum Gasteiger partial charge on any atom is -0.317 e. The Hall–Kier alpha value is -0.500. The van der Waals surface area contributed by atoms with Crippen LogP contribution in [0.15, 0.2) is 27.6 Å². The van der Waals surface area contributed by atoms with Gasteiger partial charge in [-0.15, -0.1) is 0 Å². The summed E-state index contributed by atoms with van der Waals surface area (Å²) in [5.41, 5.74) is 0. The number of nitrogens with one attached hydrogen (secondary N) is 1. The Morgan fingerprint density at radius 2 is 2.00 bits per heavy atom. The first-order valence-electron chi connectivity index (χ1n) is 6.07. The molecule has 1 N–H and O–H groups in total. The number of halogens is 2. The van der Waals surface area contributed by atoms with Crippen molar-refractivity contribution in [1.29, 1.82) is 0 Å². The summed E-state index contributed by atoms with van der Waals surface area (Å²) in [6.07, 6.45) is 1.55. The first kappa shape index (κ1) is 14.9. The lowest BCUT2D eigenvalue weighted by Gasteiger charge is -2.30. The summed E-state index contributed by atoms with van der Waals surface area (Å²) >= 11 is 3.02. The van der Waals surface area contributed by atoms with Crippen molar-refractivity contribution in [3.05, 3.63) is 28.5 Å². The van der Waals surface area contributed by atoms with Crippen LogP contribution in [0.4, 0.5) is 4.39 Å². The SMILES string of the molecule is CN(C1CCNCC1)S(=O)(=O)c1ccc(Br)c(F)c1. The lowest BCUT2D eigenvalue weighted by Crippen LogP contribution is -2.43. The highest BCUT2D eigenvalue weighted by Gasteiger charge is 2.29. The van der Waals surface area contributed by atoms with Gasteiger partial charge in [-0.2, -0.15) is 4.31 Å². The van der Waals surface area contributed by atoms with Gasteiger partial charge in [-0.1, -0.05) is 0 Å². The Balaban J connectivity index is 2.27. The van der Waals surface area contributed by atoms with Crippen LogP contribution >= 0.6 is 15.9 Å². The quantitative estimate of drug-likeness (QED) is 0.906. The maximum absolute atomic E-state index is 13.5. The Bertz CT molecular complexity index is 559. The highest BCUT2D eigenvalue weighted by molar-refractivity contribution is 9.10. The van der Waals surface area contributed by atoms with E-state index in [0.29, 0.717) is 0 Å². The van der Waals surface area contributed by atoms with Crippen LogP contribution in [0.25, 0.3) is 0 Å². The van der Waals surface area contributed by atoms with Gasteiger partial charge >= 0.3 is 0 Å². The molecule has 0 saturated carbocycles. The van der Waals surface area contributed by atoms with Crippen LogP contribution in [-0.4, -0.2) is 38.9 Å². The summed E-state index contributed by atoms with van der Waals surface area (Å²) in [7, 11) is -2.07. The van der Waals surface area contributed by atoms with E-state index in [1.165, 1.54) is 16.4 Å². The molecular weight excluding hydrogens is 335 g/mol. The van der Waals surface area contributed by atoms with E-state index < -0.39 is 15.8 Å². The minimum atomic E-state index is -3.63. The van der Waals surface area contributed by atoms with Crippen molar-refractivity contribution in [2.24, 2.45) is 0 Å². The number of hydrogen-bond acceptors (Lipinski definition) is 3. The van der Waals surface area contributed by atoms with Crippen molar-refractivity contribution >= 4 is 26.0 Å². The van der Waals surface area contributed by atoms with Gasteiger partial charge in [-0.3, -0.25) is 0 Å². The Labute approximate surface area is 121 Å². The largest absolute Gasteiger partial charge is 0.317 e. The van der Waals surface area contributed by atoms with Crippen LogP contribution < -0.4 is 5.32 Å². The summed E-state index contributed by atoms with van der Waals surface area (Å²) < 4.78 is 39.9. The van der Waals surface area contributed by atoms with Crippen LogP contribution in [0.1, 0.15) is 12.8 Å². The number of hydrogen-bond donors (Lipinski definition) is 1. The molecule has 7 heteroatoms. The monoisotopic (exact) mass is 350 g/mol. The third kappa shape index (κ3) is 3.16. The van der Waals surface area contributed by atoms with E-state index in [0.717, 1.165) is 32.0 Å². The summed E-state index contributed by atoms with van der Waals surface area (Å²) in [6.45, 7) is 1.61. The number of benzene rings is 1. The van der Waals surface area contributed by atoms with E-state index in [1.54, 1.807) is 7.05 Å². The van der Waals surface area contributed by atoms with Crippen LogP contribution in [0.2, 0.25) is 0 Å². The van der Waals surface area contributed by atoms with Gasteiger partial charge in [0.1, 0.15) is 5.82 Å². The van der Waals surface area contributed by atoms with Gasteiger partial charge in [0.2, 0.25) is 10.0 Å². The number of nitrogens with zero attached hydrogens (tertiary/aromatic N) is 1. The van der Waals surface area contributed by atoms with E-state index in [4.69, 9.17) is 0 Å². The molecule has 0 unspecified atom stereocenters. The lowest BCUT2D eigenvalue weighted by atomic mass is 10.1. The predicted octanol–water partition coefficient (Wildman–Crippen LogP) is 1.96. The van der Waals surface area contributed by atoms with Gasteiger partial charge < -0.3 is 5.32 Å². The normalized spacial score (nSPS) is 17.9. The molecule has 1 heterocycles. The van der Waals surface area contributed by atoms with E-state index >= 15 is 0 Å². The molecule has 1 aromatic carbocycles. The van der Waals surface area contributed by atoms with Gasteiger partial charge in [0.15, 0.2) is 0 Å². The van der Waals surface area contributed by atoms with Crippen LogP contribution in [-0.2, 0) is 10.0 Å². The van der Waals surface area contributed by atoms with E-state index in [-0.39, 0.29) is 15.4 Å². The zero-order valence-corrected chi connectivity index (χ0v) is 13.0. The standard InChI is InChI=1S/C12H16BrFN2O2S/c1-16(9-4-6-15-7-5-9)19(17,18)10-2-3-11(13)12(14)8-10/h2-3,8-9,15H,4-7H2,1H3. The molecule has 0 spiro atoms. The first-order chi connectivity index (χ1) is 8.93. The second-order valence-electron chi connectivity index (χ2n) is 4.58. The maximum Gasteiger partial charge on any atom is 0.243 e. The van der Waals surface area contributed by atoms with Crippen molar-refractivity contribution in [2.45, 2.75) is 23.8 Å². The highest BCUT2D eigenvalue weighted by atomic mass is 79.9. The highest BCUT2D eigenvalue weighted by Crippen LogP contribution is 2.24. The molecule has 0 atom stereocenters. The zero-order chi connectivity index (χ0) is 14.0. The molecule has 1 saturated heterocycles. The minimum absolute atomic E-state index is 0.00534. The predicted molar refractivity (Wildman–Crippen MR) is 74.9 cm³/mol. The molecule has 1 aliphatic rings. The number of rotatable bonds is 3. The van der Waals surface area contributed by atoms with Crippen molar-refractivity contribution in [3.8, 4) is 0 Å². The Morgan fingerprint density at radius 3 is 2.58 bits per heavy atom. The number of piperidine rings is 1. The van der Waals surface area contributed by atoms with E-state index in [1.807, 2.05) is 0 Å². The molecule has 0 aliphatic carbocycles. The average Bonchev–Trinajstić information content (AvgIpc) is 2.41. The Morgan fingerprint density at radius 1 is 1.37 bits per heavy atom. The first-order valence-corrected chi connectivity index (χ1v) is 8.30. The van der Waals surface area contributed by atoms with Crippen molar-refractivity contribution in [2.75, 3.05) is 20.1 Å². The molecule has 0 aromatic heterocycles. The molecule has 1 fully saturated rings. The smallest absolute Gasteiger partial charge is 0.243 e. The molecule has 0 bridgehead atoms. The number of sulfonamides is 1. The fourth-order valence-electron chi connectivity index (χ4n) is 2.17. The van der Waals surface area contributed by atoms with Gasteiger partial charge in [0, 0.05) is 13.1 Å². The summed E-state index contributed by atoms with van der Waals surface area (Å²) in [5, 5.41) is 3.19. The van der Waals surface area contributed by atoms with Crippen molar-refractivity contribution in [3.63, 3.8) is 0 Å². The summed E-state index contributed by atoms with van der Waals surface area (Å²) in [5.74, 6) is -0.570. The molecule has 4 nitrogen and oxygen atoms in total. The molecule has 19 heavy (non-hydrogen) atoms. The maximum atomic E-state index is 13.5. The van der Waals surface area contributed by atoms with Gasteiger partial charge in [0.25, 0.3) is 0 Å². The Kier molecular flexibility index (Phi) is 4.60.